The largest absolute Gasteiger partial charge is 0.480 e. The maximum absolute atomic E-state index is 13.4. The average molecular weight is 391 g/mol. The Labute approximate surface area is 164 Å². The summed E-state index contributed by atoms with van der Waals surface area (Å²) in [7, 11) is 0. The van der Waals surface area contributed by atoms with Crippen LogP contribution in [0.3, 0.4) is 0 Å². The van der Waals surface area contributed by atoms with E-state index in [0.717, 1.165) is 31.5 Å². The topological polar surface area (TPSA) is 43.8 Å². The van der Waals surface area contributed by atoms with Gasteiger partial charge >= 0.3 is 5.97 Å². The number of carboxylic acids is 1. The molecule has 3 rings (SSSR count). The SMILES string of the molecule is Cc1ccc(N2CCC(N(CC(=O)O)Cc3ccc(F)c(Cl)c3)CC2)cc1. The monoisotopic (exact) mass is 390 g/mol. The molecule has 0 unspecified atom stereocenters. The Morgan fingerprint density at radius 2 is 1.89 bits per heavy atom. The molecule has 1 heterocycles. The van der Waals surface area contributed by atoms with E-state index in [2.05, 4.69) is 36.1 Å². The molecular weight excluding hydrogens is 367 g/mol. The second-order valence-corrected chi connectivity index (χ2v) is 7.51. The van der Waals surface area contributed by atoms with Gasteiger partial charge in [-0.2, -0.15) is 0 Å². The molecule has 1 aliphatic heterocycles. The minimum absolute atomic E-state index is 0.0375. The van der Waals surface area contributed by atoms with Crippen molar-refractivity contribution in [3.05, 3.63) is 64.4 Å². The van der Waals surface area contributed by atoms with Crippen molar-refractivity contribution < 1.29 is 14.3 Å². The van der Waals surface area contributed by atoms with Crippen LogP contribution in [0.25, 0.3) is 0 Å². The van der Waals surface area contributed by atoms with Crippen LogP contribution in [0.2, 0.25) is 5.02 Å². The van der Waals surface area contributed by atoms with E-state index in [-0.39, 0.29) is 17.6 Å². The third-order valence-electron chi connectivity index (χ3n) is 5.09. The lowest BCUT2D eigenvalue weighted by Gasteiger charge is -2.39. The van der Waals surface area contributed by atoms with Crippen molar-refractivity contribution in [2.45, 2.75) is 32.4 Å². The van der Waals surface area contributed by atoms with Crippen LogP contribution in [0.5, 0.6) is 0 Å². The number of hydrogen-bond acceptors (Lipinski definition) is 3. The van der Waals surface area contributed by atoms with Gasteiger partial charge in [0.05, 0.1) is 11.6 Å². The lowest BCUT2D eigenvalue weighted by molar-refractivity contribution is -0.139. The zero-order valence-electron chi connectivity index (χ0n) is 15.4. The molecule has 144 valence electrons. The van der Waals surface area contributed by atoms with Crippen LogP contribution in [0.15, 0.2) is 42.5 Å². The summed E-state index contributed by atoms with van der Waals surface area (Å²) >= 11 is 5.87. The van der Waals surface area contributed by atoms with E-state index in [1.807, 2.05) is 4.90 Å². The molecule has 0 saturated carbocycles. The lowest BCUT2D eigenvalue weighted by Crippen LogP contribution is -2.46. The molecule has 6 heteroatoms. The van der Waals surface area contributed by atoms with E-state index < -0.39 is 11.8 Å². The van der Waals surface area contributed by atoms with Crippen molar-refractivity contribution in [3.8, 4) is 0 Å². The molecule has 1 N–H and O–H groups in total. The van der Waals surface area contributed by atoms with E-state index in [0.29, 0.717) is 6.54 Å². The number of benzene rings is 2. The summed E-state index contributed by atoms with van der Waals surface area (Å²) in [6.07, 6.45) is 1.77. The first-order valence-electron chi connectivity index (χ1n) is 9.14. The number of nitrogens with zero attached hydrogens (tertiary/aromatic N) is 2. The smallest absolute Gasteiger partial charge is 0.317 e. The van der Waals surface area contributed by atoms with E-state index in [1.165, 1.54) is 17.3 Å². The fraction of sp³-hybridized carbons (Fsp3) is 0.381. The molecule has 0 radical (unpaired) electrons. The summed E-state index contributed by atoms with van der Waals surface area (Å²) < 4.78 is 13.4. The molecule has 0 amide bonds. The number of halogens is 2. The van der Waals surface area contributed by atoms with Gasteiger partial charge in [0.2, 0.25) is 0 Å². The highest BCUT2D eigenvalue weighted by molar-refractivity contribution is 6.30. The maximum Gasteiger partial charge on any atom is 0.317 e. The first kappa shape index (κ1) is 19.6. The van der Waals surface area contributed by atoms with E-state index in [4.69, 9.17) is 11.6 Å². The molecule has 1 aliphatic rings. The molecule has 0 spiro atoms. The van der Waals surface area contributed by atoms with E-state index in [1.54, 1.807) is 12.1 Å². The van der Waals surface area contributed by atoms with Gasteiger partial charge in [-0.15, -0.1) is 0 Å². The predicted molar refractivity (Wildman–Crippen MR) is 106 cm³/mol. The molecule has 0 atom stereocenters. The lowest BCUT2D eigenvalue weighted by atomic mass is 10.0. The van der Waals surface area contributed by atoms with Crippen LogP contribution < -0.4 is 4.90 Å². The number of aryl methyl sites for hydroxylation is 1. The van der Waals surface area contributed by atoms with Gasteiger partial charge in [0.15, 0.2) is 0 Å². The molecular formula is C21H24ClFN2O2. The highest BCUT2D eigenvalue weighted by atomic mass is 35.5. The Morgan fingerprint density at radius 1 is 1.22 bits per heavy atom. The minimum atomic E-state index is -0.857. The number of piperidine rings is 1. The second kappa shape index (κ2) is 8.72. The number of rotatable bonds is 6. The summed E-state index contributed by atoms with van der Waals surface area (Å²) in [6.45, 7) is 4.25. The van der Waals surface area contributed by atoms with Crippen molar-refractivity contribution in [1.29, 1.82) is 0 Å². The van der Waals surface area contributed by atoms with Gasteiger partial charge < -0.3 is 10.0 Å². The van der Waals surface area contributed by atoms with Gasteiger partial charge in [-0.25, -0.2) is 4.39 Å². The Kier molecular flexibility index (Phi) is 6.34. The van der Waals surface area contributed by atoms with E-state index >= 15 is 0 Å². The highest BCUT2D eigenvalue weighted by Gasteiger charge is 2.26. The van der Waals surface area contributed by atoms with E-state index in [9.17, 15) is 14.3 Å². The molecule has 2 aromatic carbocycles. The van der Waals surface area contributed by atoms with Crippen molar-refractivity contribution in [2.24, 2.45) is 0 Å². The van der Waals surface area contributed by atoms with Crippen molar-refractivity contribution in [2.75, 3.05) is 24.5 Å². The molecule has 27 heavy (non-hydrogen) atoms. The van der Waals surface area contributed by atoms with Gasteiger partial charge in [-0.1, -0.05) is 35.4 Å². The Morgan fingerprint density at radius 3 is 2.48 bits per heavy atom. The van der Waals surface area contributed by atoms with Gasteiger partial charge in [0.25, 0.3) is 0 Å². The van der Waals surface area contributed by atoms with Crippen LogP contribution in [0, 0.1) is 12.7 Å². The quantitative estimate of drug-likeness (QED) is 0.796. The molecule has 0 aromatic heterocycles. The molecule has 0 aliphatic carbocycles. The summed E-state index contributed by atoms with van der Waals surface area (Å²) in [5.74, 6) is -1.32. The zero-order chi connectivity index (χ0) is 19.4. The molecule has 0 bridgehead atoms. The fourth-order valence-electron chi connectivity index (χ4n) is 3.61. The summed E-state index contributed by atoms with van der Waals surface area (Å²) in [6, 6.07) is 13.2. The van der Waals surface area contributed by atoms with Crippen LogP contribution in [0.1, 0.15) is 24.0 Å². The second-order valence-electron chi connectivity index (χ2n) is 7.10. The Hall–Kier alpha value is -2.11. The van der Waals surface area contributed by atoms with Crippen molar-refractivity contribution >= 4 is 23.3 Å². The highest BCUT2D eigenvalue weighted by Crippen LogP contribution is 2.25. The van der Waals surface area contributed by atoms with Gasteiger partial charge in [0, 0.05) is 31.4 Å². The van der Waals surface area contributed by atoms with Crippen molar-refractivity contribution in [1.82, 2.24) is 4.90 Å². The minimum Gasteiger partial charge on any atom is -0.480 e. The fourth-order valence-corrected chi connectivity index (χ4v) is 3.81. The van der Waals surface area contributed by atoms with Crippen molar-refractivity contribution in [3.63, 3.8) is 0 Å². The molecule has 1 fully saturated rings. The zero-order valence-corrected chi connectivity index (χ0v) is 16.1. The van der Waals surface area contributed by atoms with Crippen LogP contribution in [0.4, 0.5) is 10.1 Å². The number of hydrogen-bond donors (Lipinski definition) is 1. The normalized spacial score (nSPS) is 15.3. The first-order chi connectivity index (χ1) is 12.9. The van der Waals surface area contributed by atoms with Gasteiger partial charge in [-0.3, -0.25) is 9.69 Å². The Bertz CT molecular complexity index is 789. The number of carbonyl (C=O) groups is 1. The summed E-state index contributed by atoms with van der Waals surface area (Å²) in [4.78, 5) is 15.6. The first-order valence-corrected chi connectivity index (χ1v) is 9.51. The third kappa shape index (κ3) is 5.21. The number of carboxylic acid groups (broad SMARTS) is 1. The molecule has 2 aromatic rings. The molecule has 1 saturated heterocycles. The number of aliphatic carboxylic acids is 1. The van der Waals surface area contributed by atoms with Crippen LogP contribution in [-0.2, 0) is 11.3 Å². The van der Waals surface area contributed by atoms with Gasteiger partial charge in [-0.05, 0) is 49.6 Å². The Balaban J connectivity index is 1.66. The summed E-state index contributed by atoms with van der Waals surface area (Å²) in [5, 5.41) is 9.38. The van der Waals surface area contributed by atoms with Crippen LogP contribution in [-0.4, -0.2) is 41.7 Å². The van der Waals surface area contributed by atoms with Crippen LogP contribution >= 0.6 is 11.6 Å². The number of anilines is 1. The third-order valence-corrected chi connectivity index (χ3v) is 5.38. The maximum atomic E-state index is 13.4. The predicted octanol–water partition coefficient (Wildman–Crippen LogP) is 4.34. The van der Waals surface area contributed by atoms with Gasteiger partial charge in [0.1, 0.15) is 5.82 Å². The molecule has 4 nitrogen and oxygen atoms in total. The summed E-state index contributed by atoms with van der Waals surface area (Å²) in [5.41, 5.74) is 3.26. The average Bonchev–Trinajstić information content (AvgIpc) is 2.65. The standard InChI is InChI=1S/C21H24ClFN2O2/c1-15-2-5-17(6-3-15)24-10-8-18(9-11-24)25(14-21(26)27)13-16-4-7-20(23)19(22)12-16/h2-7,12,18H,8-11,13-14H2,1H3,(H,26,27).